The lowest BCUT2D eigenvalue weighted by molar-refractivity contribution is -0.870. The van der Waals surface area contributed by atoms with Gasteiger partial charge in [-0.25, -0.2) is 4.57 Å². The number of hydrogen-bond acceptors (Lipinski definition) is 6. The number of carbonyl (C=O) groups is 1. The maximum Gasteiger partial charge on any atom is 0.472 e. The van der Waals surface area contributed by atoms with Crippen molar-refractivity contribution in [2.45, 2.75) is 137 Å². The molecule has 9 heteroatoms. The average Bonchev–Trinajstić information content (AvgIpc) is 2.86. The number of ketones is 1. The number of aliphatic hydroxyl groups excluding tert-OH is 1. The number of ether oxygens (including phenoxy) is 1. The maximum absolute atomic E-state index is 13.3. The third kappa shape index (κ3) is 23.1. The molecule has 0 aromatic heterocycles. The van der Waals surface area contributed by atoms with Gasteiger partial charge in [0.2, 0.25) is 0 Å². The Morgan fingerprint density at radius 2 is 1.31 bits per heavy atom. The van der Waals surface area contributed by atoms with E-state index in [1.54, 1.807) is 0 Å². The summed E-state index contributed by atoms with van der Waals surface area (Å²) in [6.07, 6.45) is 11.6. The predicted octanol–water partition coefficient (Wildman–Crippen LogP) is 7.80. The summed E-state index contributed by atoms with van der Waals surface area (Å²) in [4.78, 5) is 23.6. The number of nitrogens with zero attached hydrogens (tertiary/aromatic N) is 1. The fourth-order valence-corrected chi connectivity index (χ4v) is 6.03. The Morgan fingerprint density at radius 3 is 1.79 bits per heavy atom. The van der Waals surface area contributed by atoms with Gasteiger partial charge in [0, 0.05) is 13.0 Å². The molecule has 0 fully saturated rings. The lowest BCUT2D eigenvalue weighted by Crippen LogP contribution is -2.41. The Kier molecular flexibility index (Phi) is 22.9. The number of unbranched alkanes of at least 4 members (excludes halogenated alkanes) is 2. The Labute approximate surface area is 259 Å². The van der Waals surface area contributed by atoms with Crippen molar-refractivity contribution < 1.29 is 37.6 Å². The van der Waals surface area contributed by atoms with E-state index in [9.17, 15) is 19.4 Å². The molecule has 252 valence electrons. The molecule has 42 heavy (non-hydrogen) atoms. The van der Waals surface area contributed by atoms with E-state index >= 15 is 0 Å². The third-order valence-electron chi connectivity index (χ3n) is 7.98. The minimum Gasteiger partial charge on any atom is -0.394 e. The van der Waals surface area contributed by atoms with Crippen LogP contribution in [0.25, 0.3) is 0 Å². The molecule has 0 aromatic rings. The van der Waals surface area contributed by atoms with Gasteiger partial charge in [0.15, 0.2) is 5.78 Å². The van der Waals surface area contributed by atoms with Crippen molar-refractivity contribution in [3.8, 4) is 0 Å². The van der Waals surface area contributed by atoms with E-state index in [4.69, 9.17) is 13.8 Å². The van der Waals surface area contributed by atoms with Gasteiger partial charge in [0.1, 0.15) is 25.4 Å². The van der Waals surface area contributed by atoms with Crippen LogP contribution in [0.3, 0.4) is 0 Å². The van der Waals surface area contributed by atoms with Gasteiger partial charge in [0.25, 0.3) is 0 Å². The molecule has 8 nitrogen and oxygen atoms in total. The molecular weight excluding hydrogens is 553 g/mol. The number of quaternary nitrogens is 1. The zero-order valence-electron chi connectivity index (χ0n) is 28.8. The molecule has 0 saturated heterocycles. The van der Waals surface area contributed by atoms with Crippen molar-refractivity contribution in [1.82, 2.24) is 0 Å². The van der Waals surface area contributed by atoms with Crippen LogP contribution in [0.5, 0.6) is 0 Å². The van der Waals surface area contributed by atoms with Gasteiger partial charge in [-0.3, -0.25) is 13.8 Å². The SMILES string of the molecule is CCCCCOC(C(=O)CC(C)CCCC(C)CCCC(C)CCCC(C)C)[C@H](CO)OP(=O)(O)OCC[N+](C)(C)C. The summed E-state index contributed by atoms with van der Waals surface area (Å²) in [5, 5.41) is 10.0. The first kappa shape index (κ1) is 41.7. The smallest absolute Gasteiger partial charge is 0.394 e. The van der Waals surface area contributed by atoms with Crippen LogP contribution in [0, 0.1) is 23.7 Å². The van der Waals surface area contributed by atoms with E-state index < -0.39 is 26.6 Å². The molecule has 0 radical (unpaired) electrons. The summed E-state index contributed by atoms with van der Waals surface area (Å²) in [5.74, 6) is 2.22. The molecule has 0 aliphatic carbocycles. The monoisotopic (exact) mass is 622 g/mol. The minimum atomic E-state index is -4.48. The van der Waals surface area contributed by atoms with Crippen molar-refractivity contribution in [2.75, 3.05) is 47.5 Å². The second-order valence-electron chi connectivity index (χ2n) is 14.3. The second-order valence-corrected chi connectivity index (χ2v) is 15.7. The predicted molar refractivity (Wildman–Crippen MR) is 173 cm³/mol. The van der Waals surface area contributed by atoms with Gasteiger partial charge in [-0.1, -0.05) is 112 Å². The standard InChI is InChI=1S/C33H68NO7P/c1-10-11-12-23-39-33(32(26-35)41-42(37,38)40-24-22-34(7,8)9)31(36)25-30(6)21-15-20-29(5)19-14-18-28(4)17-13-16-27(2)3/h27-30,32-33,35H,10-26H2,1-9H3/p+1/t28?,29?,30?,32-,33?/m0/s1. The number of phosphoric ester groups is 1. The molecule has 0 rings (SSSR count). The van der Waals surface area contributed by atoms with Crippen molar-refractivity contribution in [2.24, 2.45) is 23.7 Å². The lowest BCUT2D eigenvalue weighted by Gasteiger charge is -2.28. The first-order chi connectivity index (χ1) is 19.6. The summed E-state index contributed by atoms with van der Waals surface area (Å²) in [5.41, 5.74) is 0. The molecule has 0 aliphatic rings. The van der Waals surface area contributed by atoms with Crippen molar-refractivity contribution in [3.05, 3.63) is 0 Å². The number of likely N-dealkylation sites (N-methyl/N-ethyl adjacent to an activating group) is 1. The molecule has 0 bridgehead atoms. The highest BCUT2D eigenvalue weighted by molar-refractivity contribution is 7.47. The number of aliphatic hydroxyl groups is 1. The number of phosphoric acid groups is 1. The van der Waals surface area contributed by atoms with Crippen LogP contribution < -0.4 is 0 Å². The minimum absolute atomic E-state index is 0.0121. The number of carbonyl (C=O) groups excluding carboxylic acids is 1. The van der Waals surface area contributed by atoms with Gasteiger partial charge < -0.3 is 19.2 Å². The fourth-order valence-electron chi connectivity index (χ4n) is 5.14. The summed E-state index contributed by atoms with van der Waals surface area (Å²) < 4.78 is 29.5. The van der Waals surface area contributed by atoms with Crippen molar-refractivity contribution in [1.29, 1.82) is 0 Å². The molecule has 0 spiro atoms. The van der Waals surface area contributed by atoms with E-state index in [0.717, 1.165) is 50.4 Å². The van der Waals surface area contributed by atoms with Crippen LogP contribution in [0.1, 0.15) is 125 Å². The molecule has 2 N–H and O–H groups in total. The van der Waals surface area contributed by atoms with E-state index in [2.05, 4.69) is 41.5 Å². The number of Topliss-reactive ketones (excluding diaryl/α,β-unsaturated/α-hetero) is 1. The van der Waals surface area contributed by atoms with Crippen LogP contribution >= 0.6 is 7.82 Å². The Bertz CT molecular complexity index is 728. The zero-order valence-corrected chi connectivity index (χ0v) is 29.7. The summed E-state index contributed by atoms with van der Waals surface area (Å²) in [7, 11) is 1.36. The zero-order chi connectivity index (χ0) is 32.2. The maximum atomic E-state index is 13.3. The van der Waals surface area contributed by atoms with Crippen LogP contribution in [0.15, 0.2) is 0 Å². The van der Waals surface area contributed by atoms with Gasteiger partial charge in [0.05, 0.1) is 27.7 Å². The van der Waals surface area contributed by atoms with Gasteiger partial charge in [-0.05, 0) is 30.1 Å². The highest BCUT2D eigenvalue weighted by atomic mass is 31.2. The molecule has 5 unspecified atom stereocenters. The summed E-state index contributed by atoms with van der Waals surface area (Å²) >= 11 is 0. The number of rotatable bonds is 28. The van der Waals surface area contributed by atoms with Crippen LogP contribution in [0.2, 0.25) is 0 Å². The fraction of sp³-hybridized carbons (Fsp3) is 0.970. The van der Waals surface area contributed by atoms with Crippen LogP contribution in [-0.4, -0.2) is 80.0 Å². The Morgan fingerprint density at radius 1 is 0.786 bits per heavy atom. The van der Waals surface area contributed by atoms with Crippen LogP contribution in [0.4, 0.5) is 0 Å². The van der Waals surface area contributed by atoms with Crippen molar-refractivity contribution >= 4 is 13.6 Å². The normalized spacial score (nSPS) is 17.5. The van der Waals surface area contributed by atoms with Gasteiger partial charge in [-0.2, -0.15) is 0 Å². The first-order valence-corrected chi connectivity index (χ1v) is 18.3. The van der Waals surface area contributed by atoms with E-state index in [1.807, 2.05) is 21.1 Å². The van der Waals surface area contributed by atoms with E-state index in [-0.39, 0.29) is 24.7 Å². The third-order valence-corrected chi connectivity index (χ3v) is 9.03. The topological polar surface area (TPSA) is 102 Å². The number of hydrogen-bond donors (Lipinski definition) is 2. The molecule has 0 aliphatic heterocycles. The quantitative estimate of drug-likeness (QED) is 0.0522. The van der Waals surface area contributed by atoms with Crippen molar-refractivity contribution in [3.63, 3.8) is 0 Å². The highest BCUT2D eigenvalue weighted by Gasteiger charge is 2.36. The van der Waals surface area contributed by atoms with E-state index in [1.165, 1.54) is 38.5 Å². The molecule has 0 saturated carbocycles. The largest absolute Gasteiger partial charge is 0.472 e. The molecule has 0 heterocycles. The highest BCUT2D eigenvalue weighted by Crippen LogP contribution is 2.45. The Hall–Kier alpha value is -0.340. The van der Waals surface area contributed by atoms with Gasteiger partial charge >= 0.3 is 7.82 Å². The Balaban J connectivity index is 4.79. The summed E-state index contributed by atoms with van der Waals surface area (Å²) in [6, 6.07) is 0. The molecule has 0 aromatic carbocycles. The average molecular weight is 623 g/mol. The summed E-state index contributed by atoms with van der Waals surface area (Å²) in [6.45, 7) is 13.7. The molecule has 0 amide bonds. The molecular formula is C33H69NO7P+. The first-order valence-electron chi connectivity index (χ1n) is 16.8. The van der Waals surface area contributed by atoms with E-state index in [0.29, 0.717) is 23.6 Å². The second kappa shape index (κ2) is 23.1. The lowest BCUT2D eigenvalue weighted by atomic mass is 9.90. The molecule has 6 atom stereocenters. The van der Waals surface area contributed by atoms with Crippen LogP contribution in [-0.2, 0) is 23.1 Å². The van der Waals surface area contributed by atoms with Gasteiger partial charge in [-0.15, -0.1) is 0 Å².